The Kier molecular flexibility index (Phi) is 4.57. The number of benzene rings is 1. The van der Waals surface area contributed by atoms with Gasteiger partial charge in [-0.1, -0.05) is 11.3 Å². The van der Waals surface area contributed by atoms with Crippen molar-refractivity contribution >= 4 is 39.2 Å². The third-order valence-corrected chi connectivity index (χ3v) is 4.17. The van der Waals surface area contributed by atoms with Crippen LogP contribution >= 0.6 is 11.3 Å². The number of nitrogens with zero attached hydrogens (tertiary/aromatic N) is 4. The molecule has 10 nitrogen and oxygen atoms in total. The summed E-state index contributed by atoms with van der Waals surface area (Å²) in [5, 5.41) is 22.2. The molecular weight excluding hydrogens is 350 g/mol. The molecule has 130 valence electrons. The van der Waals surface area contributed by atoms with Crippen molar-refractivity contribution in [3.05, 3.63) is 43.9 Å². The molecule has 0 aliphatic carbocycles. The minimum Gasteiger partial charge on any atom is -0.407 e. The Morgan fingerprint density at radius 2 is 2.24 bits per heavy atom. The van der Waals surface area contributed by atoms with Crippen LogP contribution in [0.15, 0.2) is 27.4 Å². The van der Waals surface area contributed by atoms with Gasteiger partial charge in [-0.25, -0.2) is 4.79 Å². The number of hydrogen-bond acceptors (Lipinski definition) is 8. The zero-order valence-corrected chi connectivity index (χ0v) is 13.9. The van der Waals surface area contributed by atoms with Gasteiger partial charge in [0.2, 0.25) is 11.0 Å². The zero-order chi connectivity index (χ0) is 18.0. The minimum absolute atomic E-state index is 0.146. The van der Waals surface area contributed by atoms with Crippen molar-refractivity contribution in [3.63, 3.8) is 0 Å². The molecule has 3 aromatic rings. The van der Waals surface area contributed by atoms with E-state index < -0.39 is 10.7 Å². The predicted octanol–water partition coefficient (Wildman–Crippen LogP) is 2.08. The molecular formula is C14H13N5O5S. The van der Waals surface area contributed by atoms with Gasteiger partial charge in [-0.2, -0.15) is 0 Å². The van der Waals surface area contributed by atoms with Gasteiger partial charge in [0.25, 0.3) is 5.69 Å². The van der Waals surface area contributed by atoms with E-state index in [0.717, 1.165) is 5.01 Å². The standard InChI is InChI=1S/C14H13N5O5S/c1-8-16-17-13(25-8)15-12(20)3-2-6-18-10-5-4-9(19(22)23)7-11(10)24-14(18)21/h4-5,7H,2-3,6H2,1H3,(H,15,17,20). The fourth-order valence-corrected chi connectivity index (χ4v) is 2.91. The summed E-state index contributed by atoms with van der Waals surface area (Å²) in [5.41, 5.74) is 0.448. The molecule has 0 saturated carbocycles. The van der Waals surface area contributed by atoms with Gasteiger partial charge >= 0.3 is 5.76 Å². The number of aryl methyl sites for hydroxylation is 2. The number of nitro benzene ring substituents is 1. The lowest BCUT2D eigenvalue weighted by Crippen LogP contribution is -2.17. The topological polar surface area (TPSA) is 133 Å². The van der Waals surface area contributed by atoms with Crippen molar-refractivity contribution in [1.29, 1.82) is 0 Å². The van der Waals surface area contributed by atoms with Crippen LogP contribution in [-0.4, -0.2) is 25.6 Å². The van der Waals surface area contributed by atoms with E-state index in [1.807, 2.05) is 0 Å². The Balaban J connectivity index is 1.65. The fourth-order valence-electron chi connectivity index (χ4n) is 2.31. The number of hydrogen-bond donors (Lipinski definition) is 1. The van der Waals surface area contributed by atoms with Gasteiger partial charge in [0, 0.05) is 19.0 Å². The zero-order valence-electron chi connectivity index (χ0n) is 13.1. The average molecular weight is 363 g/mol. The predicted molar refractivity (Wildman–Crippen MR) is 89.6 cm³/mol. The van der Waals surface area contributed by atoms with Gasteiger partial charge in [-0.05, 0) is 19.4 Å². The van der Waals surface area contributed by atoms with Crippen LogP contribution in [0.1, 0.15) is 17.8 Å². The summed E-state index contributed by atoms with van der Waals surface area (Å²) < 4.78 is 6.38. The van der Waals surface area contributed by atoms with Crippen molar-refractivity contribution in [2.24, 2.45) is 0 Å². The molecule has 25 heavy (non-hydrogen) atoms. The number of aromatic nitrogens is 3. The number of nitro groups is 1. The smallest absolute Gasteiger partial charge is 0.407 e. The van der Waals surface area contributed by atoms with Crippen LogP contribution in [0.25, 0.3) is 11.1 Å². The molecule has 0 aliphatic rings. The van der Waals surface area contributed by atoms with Crippen LogP contribution in [0.4, 0.5) is 10.8 Å². The van der Waals surface area contributed by atoms with Gasteiger partial charge in [-0.3, -0.25) is 19.5 Å². The molecule has 0 bridgehead atoms. The van der Waals surface area contributed by atoms with Crippen molar-refractivity contribution in [1.82, 2.24) is 14.8 Å². The lowest BCUT2D eigenvalue weighted by molar-refractivity contribution is -0.384. The first-order valence-electron chi connectivity index (χ1n) is 7.32. The van der Waals surface area contributed by atoms with Gasteiger partial charge in [0.1, 0.15) is 5.01 Å². The maximum atomic E-state index is 11.9. The molecule has 3 rings (SSSR count). The number of nitrogens with one attached hydrogen (secondary N) is 1. The lowest BCUT2D eigenvalue weighted by Gasteiger charge is -2.03. The number of fused-ring (bicyclic) bond motifs is 1. The normalized spacial score (nSPS) is 10.9. The Bertz CT molecular complexity index is 1000. The summed E-state index contributed by atoms with van der Waals surface area (Å²) in [6.07, 6.45) is 0.583. The van der Waals surface area contributed by atoms with Gasteiger partial charge in [0.05, 0.1) is 16.5 Å². The highest BCUT2D eigenvalue weighted by Crippen LogP contribution is 2.20. The van der Waals surface area contributed by atoms with E-state index in [1.165, 1.54) is 34.1 Å². The maximum absolute atomic E-state index is 11.9. The summed E-state index contributed by atoms with van der Waals surface area (Å²) in [7, 11) is 0. The number of carbonyl (C=O) groups is 1. The van der Waals surface area contributed by atoms with E-state index in [0.29, 0.717) is 17.1 Å². The highest BCUT2D eigenvalue weighted by molar-refractivity contribution is 7.15. The maximum Gasteiger partial charge on any atom is 0.419 e. The fraction of sp³-hybridized carbons (Fsp3) is 0.286. The van der Waals surface area contributed by atoms with E-state index >= 15 is 0 Å². The van der Waals surface area contributed by atoms with Crippen LogP contribution in [0.5, 0.6) is 0 Å². The molecule has 1 N–H and O–H groups in total. The van der Waals surface area contributed by atoms with Crippen LogP contribution in [0.2, 0.25) is 0 Å². The Morgan fingerprint density at radius 3 is 2.92 bits per heavy atom. The van der Waals surface area contributed by atoms with Crippen molar-refractivity contribution in [2.75, 3.05) is 5.32 Å². The molecule has 0 fully saturated rings. The third-order valence-electron chi connectivity index (χ3n) is 3.42. The summed E-state index contributed by atoms with van der Waals surface area (Å²) >= 11 is 1.28. The van der Waals surface area contributed by atoms with Gasteiger partial charge in [0.15, 0.2) is 5.58 Å². The summed E-state index contributed by atoms with van der Waals surface area (Å²) in [6.45, 7) is 2.04. The molecule has 1 aromatic carbocycles. The second-order valence-electron chi connectivity index (χ2n) is 5.21. The third kappa shape index (κ3) is 3.71. The highest BCUT2D eigenvalue weighted by Gasteiger charge is 2.14. The second kappa shape index (κ2) is 6.81. The van der Waals surface area contributed by atoms with E-state index in [-0.39, 0.29) is 30.1 Å². The number of amides is 1. The average Bonchev–Trinajstić information content (AvgIpc) is 3.09. The molecule has 11 heteroatoms. The first-order valence-corrected chi connectivity index (χ1v) is 8.13. The Hall–Kier alpha value is -3.08. The van der Waals surface area contributed by atoms with Gasteiger partial charge < -0.3 is 9.73 Å². The number of anilines is 1. The van der Waals surface area contributed by atoms with E-state index in [9.17, 15) is 19.7 Å². The number of carbonyl (C=O) groups excluding carboxylic acids is 1. The SMILES string of the molecule is Cc1nnc(NC(=O)CCCn2c(=O)oc3cc([N+](=O)[O-])ccc32)s1. The molecule has 0 radical (unpaired) electrons. The van der Waals surface area contributed by atoms with Crippen LogP contribution in [-0.2, 0) is 11.3 Å². The summed E-state index contributed by atoms with van der Waals surface area (Å²) in [4.78, 5) is 34.0. The summed E-state index contributed by atoms with van der Waals surface area (Å²) in [6, 6.07) is 3.97. The van der Waals surface area contributed by atoms with Gasteiger partial charge in [-0.15, -0.1) is 10.2 Å². The first-order chi connectivity index (χ1) is 11.9. The molecule has 0 saturated heterocycles. The molecule has 0 aliphatic heterocycles. The van der Waals surface area contributed by atoms with Crippen LogP contribution in [0.3, 0.4) is 0 Å². The largest absolute Gasteiger partial charge is 0.419 e. The molecule has 0 unspecified atom stereocenters. The van der Waals surface area contributed by atoms with E-state index in [1.54, 1.807) is 6.92 Å². The second-order valence-corrected chi connectivity index (χ2v) is 6.39. The van der Waals surface area contributed by atoms with Crippen molar-refractivity contribution in [2.45, 2.75) is 26.3 Å². The van der Waals surface area contributed by atoms with Crippen LogP contribution in [0, 0.1) is 17.0 Å². The van der Waals surface area contributed by atoms with E-state index in [2.05, 4.69) is 15.5 Å². The monoisotopic (exact) mass is 363 g/mol. The number of rotatable bonds is 6. The first kappa shape index (κ1) is 16.8. The lowest BCUT2D eigenvalue weighted by atomic mass is 10.2. The number of non-ortho nitro benzene ring substituents is 1. The minimum atomic E-state index is -0.615. The number of oxazole rings is 1. The Labute approximate surface area is 144 Å². The summed E-state index contributed by atoms with van der Waals surface area (Å²) in [5.74, 6) is -0.844. The highest BCUT2D eigenvalue weighted by atomic mass is 32.1. The van der Waals surface area contributed by atoms with Crippen LogP contribution < -0.4 is 11.1 Å². The van der Waals surface area contributed by atoms with Crippen molar-refractivity contribution in [3.8, 4) is 0 Å². The molecule has 1 amide bonds. The molecule has 2 heterocycles. The molecule has 0 spiro atoms. The molecule has 0 atom stereocenters. The van der Waals surface area contributed by atoms with E-state index in [4.69, 9.17) is 4.42 Å². The quantitative estimate of drug-likeness (QED) is 0.523. The molecule has 2 aromatic heterocycles. The Morgan fingerprint density at radius 1 is 1.44 bits per heavy atom. The van der Waals surface area contributed by atoms with Crippen molar-refractivity contribution < 1.29 is 14.1 Å².